The van der Waals surface area contributed by atoms with Crippen molar-refractivity contribution in [3.8, 4) is 5.75 Å². The molecule has 21 heavy (non-hydrogen) atoms. The highest BCUT2D eigenvalue weighted by Gasteiger charge is 2.37. The van der Waals surface area contributed by atoms with Crippen molar-refractivity contribution in [3.05, 3.63) is 28.2 Å². The summed E-state index contributed by atoms with van der Waals surface area (Å²) in [4.78, 5) is 2.29. The van der Waals surface area contributed by atoms with E-state index in [9.17, 15) is 0 Å². The zero-order valence-corrected chi connectivity index (χ0v) is 15.3. The van der Waals surface area contributed by atoms with E-state index < -0.39 is 0 Å². The number of hydrazine groups is 1. The van der Waals surface area contributed by atoms with E-state index in [0.717, 1.165) is 29.5 Å². The summed E-state index contributed by atoms with van der Waals surface area (Å²) in [6.45, 7) is 4.44. The highest BCUT2D eigenvalue weighted by molar-refractivity contribution is 9.10. The van der Waals surface area contributed by atoms with Gasteiger partial charge in [-0.15, -0.1) is 0 Å². The molecule has 0 spiro atoms. The highest BCUT2D eigenvalue weighted by atomic mass is 79.9. The summed E-state index contributed by atoms with van der Waals surface area (Å²) in [6, 6.07) is 6.37. The molecule has 1 atom stereocenters. The molecule has 0 radical (unpaired) electrons. The van der Waals surface area contributed by atoms with Crippen molar-refractivity contribution in [3.63, 3.8) is 0 Å². The lowest BCUT2D eigenvalue weighted by atomic mass is 9.80. The fraction of sp³-hybridized carbons (Fsp3) is 0.625. The van der Waals surface area contributed by atoms with Crippen LogP contribution >= 0.6 is 15.9 Å². The number of nitrogens with zero attached hydrogens (tertiary/aromatic N) is 1. The summed E-state index contributed by atoms with van der Waals surface area (Å²) in [5, 5.41) is 0. The second-order valence-electron chi connectivity index (χ2n) is 5.60. The third kappa shape index (κ3) is 3.97. The van der Waals surface area contributed by atoms with Crippen molar-refractivity contribution in [1.29, 1.82) is 0 Å². The molecule has 120 valence electrons. The number of nitrogens with one attached hydrogen (secondary N) is 1. The Labute approximate surface area is 137 Å². The van der Waals surface area contributed by atoms with Gasteiger partial charge in [0.1, 0.15) is 5.75 Å². The molecule has 4 nitrogen and oxygen atoms in total. The van der Waals surface area contributed by atoms with Crippen LogP contribution in [0.2, 0.25) is 0 Å². The van der Waals surface area contributed by atoms with Crippen molar-refractivity contribution >= 4 is 15.9 Å². The van der Waals surface area contributed by atoms with Crippen LogP contribution in [-0.2, 0) is 6.42 Å². The molecule has 0 saturated heterocycles. The van der Waals surface area contributed by atoms with E-state index in [4.69, 9.17) is 10.6 Å². The maximum atomic E-state index is 5.88. The number of ether oxygens (including phenoxy) is 1. The smallest absolute Gasteiger partial charge is 0.133 e. The number of rotatable bonds is 8. The number of likely N-dealkylation sites (N-methyl/N-ethyl adjacent to an activating group) is 1. The van der Waals surface area contributed by atoms with Crippen LogP contribution < -0.4 is 16.0 Å². The molecule has 1 aromatic carbocycles. The fourth-order valence-corrected chi connectivity index (χ4v) is 3.75. The van der Waals surface area contributed by atoms with Crippen LogP contribution in [0.25, 0.3) is 0 Å². The molecule has 0 fully saturated rings. The van der Waals surface area contributed by atoms with E-state index in [1.54, 1.807) is 7.11 Å². The Morgan fingerprint density at radius 3 is 2.33 bits per heavy atom. The highest BCUT2D eigenvalue weighted by Crippen LogP contribution is 2.30. The van der Waals surface area contributed by atoms with Gasteiger partial charge in [-0.05, 0) is 67.0 Å². The molecule has 0 bridgehead atoms. The first-order valence-electron chi connectivity index (χ1n) is 7.41. The maximum Gasteiger partial charge on any atom is 0.133 e. The van der Waals surface area contributed by atoms with Gasteiger partial charge in [0.15, 0.2) is 0 Å². The van der Waals surface area contributed by atoms with E-state index >= 15 is 0 Å². The molecular formula is C16H28BrN3O. The van der Waals surface area contributed by atoms with Crippen LogP contribution in [0.15, 0.2) is 22.7 Å². The molecule has 1 unspecified atom stereocenters. The van der Waals surface area contributed by atoms with Gasteiger partial charge in [0.25, 0.3) is 0 Å². The standard InChI is InChI=1S/C16H28BrN3O/c1-6-16(7-2,20(3)4)15(19-18)11-12-8-9-14(21-5)13(17)10-12/h8-10,15,19H,6-7,11,18H2,1-5H3. The second-order valence-corrected chi connectivity index (χ2v) is 6.45. The first-order valence-corrected chi connectivity index (χ1v) is 8.20. The minimum Gasteiger partial charge on any atom is -0.496 e. The Hall–Kier alpha value is -0.620. The van der Waals surface area contributed by atoms with E-state index in [-0.39, 0.29) is 11.6 Å². The second kappa shape index (κ2) is 8.13. The predicted molar refractivity (Wildman–Crippen MR) is 92.5 cm³/mol. The van der Waals surface area contributed by atoms with Crippen LogP contribution in [0.4, 0.5) is 0 Å². The Morgan fingerprint density at radius 2 is 1.95 bits per heavy atom. The molecule has 0 amide bonds. The van der Waals surface area contributed by atoms with E-state index in [2.05, 4.69) is 66.3 Å². The summed E-state index contributed by atoms with van der Waals surface area (Å²) < 4.78 is 6.26. The Morgan fingerprint density at radius 1 is 1.33 bits per heavy atom. The number of nitrogens with two attached hydrogens (primary N) is 1. The van der Waals surface area contributed by atoms with Gasteiger partial charge in [-0.1, -0.05) is 19.9 Å². The molecule has 3 N–H and O–H groups in total. The van der Waals surface area contributed by atoms with Crippen LogP contribution in [0.3, 0.4) is 0 Å². The van der Waals surface area contributed by atoms with Crippen LogP contribution in [0.5, 0.6) is 5.75 Å². The van der Waals surface area contributed by atoms with Gasteiger partial charge in [-0.3, -0.25) is 11.3 Å². The van der Waals surface area contributed by atoms with Crippen molar-refractivity contribution < 1.29 is 4.74 Å². The number of hydrogen-bond acceptors (Lipinski definition) is 4. The summed E-state index contributed by atoms with van der Waals surface area (Å²) in [7, 11) is 5.93. The Kier molecular flexibility index (Phi) is 7.13. The van der Waals surface area contributed by atoms with Crippen molar-refractivity contribution in [2.75, 3.05) is 21.2 Å². The minimum atomic E-state index is 0.0428. The van der Waals surface area contributed by atoms with Gasteiger partial charge in [0.2, 0.25) is 0 Å². The van der Waals surface area contributed by atoms with Crippen LogP contribution in [0, 0.1) is 0 Å². The molecular weight excluding hydrogens is 330 g/mol. The Balaban J connectivity index is 3.03. The van der Waals surface area contributed by atoms with E-state index in [1.165, 1.54) is 5.56 Å². The summed E-state index contributed by atoms with van der Waals surface area (Å²) in [6.07, 6.45) is 2.96. The lowest BCUT2D eigenvalue weighted by molar-refractivity contribution is 0.0882. The van der Waals surface area contributed by atoms with Crippen molar-refractivity contribution in [2.24, 2.45) is 5.84 Å². The quantitative estimate of drug-likeness (QED) is 0.554. The molecule has 1 rings (SSSR count). The third-order valence-electron chi connectivity index (χ3n) is 4.62. The lowest BCUT2D eigenvalue weighted by Crippen LogP contribution is -2.61. The van der Waals surface area contributed by atoms with Crippen LogP contribution in [0.1, 0.15) is 32.3 Å². The van der Waals surface area contributed by atoms with Crippen molar-refractivity contribution in [1.82, 2.24) is 10.3 Å². The average Bonchev–Trinajstić information content (AvgIpc) is 2.47. The average molecular weight is 358 g/mol. The number of methoxy groups -OCH3 is 1. The van der Waals surface area contributed by atoms with Gasteiger partial charge in [0.05, 0.1) is 11.6 Å². The summed E-state index contributed by atoms with van der Waals surface area (Å²) >= 11 is 3.55. The maximum absolute atomic E-state index is 5.88. The van der Waals surface area contributed by atoms with E-state index in [0.29, 0.717) is 0 Å². The lowest BCUT2D eigenvalue weighted by Gasteiger charge is -2.45. The van der Waals surface area contributed by atoms with Gasteiger partial charge < -0.3 is 9.64 Å². The van der Waals surface area contributed by atoms with Crippen LogP contribution in [-0.4, -0.2) is 37.7 Å². The third-order valence-corrected chi connectivity index (χ3v) is 5.24. The minimum absolute atomic E-state index is 0.0428. The topological polar surface area (TPSA) is 50.5 Å². The molecule has 0 aliphatic heterocycles. The predicted octanol–water partition coefficient (Wildman–Crippen LogP) is 2.95. The molecule has 1 aromatic rings. The summed E-state index contributed by atoms with van der Waals surface area (Å²) in [5.74, 6) is 6.72. The molecule has 0 aliphatic carbocycles. The van der Waals surface area contributed by atoms with Gasteiger partial charge in [-0.2, -0.15) is 0 Å². The number of benzene rings is 1. The molecule has 5 heteroatoms. The number of hydrogen-bond donors (Lipinski definition) is 2. The van der Waals surface area contributed by atoms with Gasteiger partial charge in [0, 0.05) is 11.6 Å². The monoisotopic (exact) mass is 357 g/mol. The molecule has 0 heterocycles. The first-order chi connectivity index (χ1) is 9.94. The Bertz CT molecular complexity index is 447. The summed E-state index contributed by atoms with van der Waals surface area (Å²) in [5.41, 5.74) is 4.31. The van der Waals surface area contributed by atoms with Gasteiger partial charge >= 0.3 is 0 Å². The molecule has 0 aliphatic rings. The largest absolute Gasteiger partial charge is 0.496 e. The van der Waals surface area contributed by atoms with Gasteiger partial charge in [-0.25, -0.2) is 0 Å². The molecule has 0 aromatic heterocycles. The zero-order chi connectivity index (χ0) is 16.0. The number of halogens is 1. The SMILES string of the molecule is CCC(CC)(C(Cc1ccc(OC)c(Br)c1)NN)N(C)C. The fourth-order valence-electron chi connectivity index (χ4n) is 3.16. The normalized spacial score (nSPS) is 13.5. The zero-order valence-electron chi connectivity index (χ0n) is 13.7. The van der Waals surface area contributed by atoms with Crippen molar-refractivity contribution in [2.45, 2.75) is 44.7 Å². The first kappa shape index (κ1) is 18.4. The molecule has 0 saturated carbocycles. The van der Waals surface area contributed by atoms with E-state index in [1.807, 2.05) is 6.07 Å².